The van der Waals surface area contributed by atoms with Crippen molar-refractivity contribution < 1.29 is 23.5 Å². The molecule has 7 heteroatoms. The third-order valence-corrected chi connectivity index (χ3v) is 4.40. The molecule has 1 heterocycles. The molecule has 2 aromatic carbocycles. The molecule has 0 saturated carbocycles. The number of amides is 1. The summed E-state index contributed by atoms with van der Waals surface area (Å²) < 4.78 is 16.0. The number of rotatable bonds is 5. The molecular formula is C24H25NO6. The Bertz CT molecular complexity index is 1140. The second-order valence-electron chi connectivity index (χ2n) is 8.22. The summed E-state index contributed by atoms with van der Waals surface area (Å²) in [6, 6.07) is 14.5. The summed E-state index contributed by atoms with van der Waals surface area (Å²) in [6.45, 7) is 7.01. The Balaban J connectivity index is 1.82. The highest BCUT2D eigenvalue weighted by Crippen LogP contribution is 2.23. The van der Waals surface area contributed by atoms with E-state index in [1.807, 2.05) is 30.3 Å². The first kappa shape index (κ1) is 22.1. The second kappa shape index (κ2) is 9.04. The lowest BCUT2D eigenvalue weighted by Crippen LogP contribution is -2.46. The van der Waals surface area contributed by atoms with E-state index < -0.39 is 29.3 Å². The van der Waals surface area contributed by atoms with Gasteiger partial charge in [0, 0.05) is 23.9 Å². The Morgan fingerprint density at radius 3 is 2.45 bits per heavy atom. The number of carbonyl (C=O) groups excluding carboxylic acids is 2. The lowest BCUT2D eigenvalue weighted by Gasteiger charge is -2.23. The van der Waals surface area contributed by atoms with E-state index in [1.165, 1.54) is 12.1 Å². The highest BCUT2D eigenvalue weighted by atomic mass is 16.6. The van der Waals surface area contributed by atoms with Crippen LogP contribution in [0.5, 0.6) is 5.75 Å². The standard InChI is InChI=1S/C24H25NO6/c1-15-12-21(26)30-20-14-17(10-11-18(15)20)29-22(27)19(13-16-8-6-5-7-9-16)25-23(28)31-24(2,3)4/h5-12,14,19H,13H2,1-4H3,(H,25,28). The number of hydrogen-bond donors (Lipinski definition) is 1. The maximum Gasteiger partial charge on any atom is 0.408 e. The first-order valence-corrected chi connectivity index (χ1v) is 9.90. The molecule has 0 saturated heterocycles. The molecule has 0 fully saturated rings. The van der Waals surface area contributed by atoms with Gasteiger partial charge in [-0.3, -0.25) is 0 Å². The first-order chi connectivity index (χ1) is 14.6. The third kappa shape index (κ3) is 6.18. The molecule has 0 spiro atoms. The molecule has 1 N–H and O–H groups in total. The van der Waals surface area contributed by atoms with Crippen molar-refractivity contribution in [3.63, 3.8) is 0 Å². The number of aryl methyl sites for hydroxylation is 1. The number of ether oxygens (including phenoxy) is 2. The Kier molecular flexibility index (Phi) is 6.44. The molecule has 1 aromatic heterocycles. The summed E-state index contributed by atoms with van der Waals surface area (Å²) in [5.41, 5.74) is 0.731. The van der Waals surface area contributed by atoms with Crippen LogP contribution in [-0.2, 0) is 16.0 Å². The van der Waals surface area contributed by atoms with Crippen LogP contribution in [0, 0.1) is 6.92 Å². The van der Waals surface area contributed by atoms with E-state index in [9.17, 15) is 14.4 Å². The van der Waals surface area contributed by atoms with Crippen LogP contribution < -0.4 is 15.7 Å². The van der Waals surface area contributed by atoms with Gasteiger partial charge in [-0.05, 0) is 51.0 Å². The van der Waals surface area contributed by atoms with Crippen molar-refractivity contribution in [3.05, 3.63) is 76.1 Å². The smallest absolute Gasteiger partial charge is 0.408 e. The summed E-state index contributed by atoms with van der Waals surface area (Å²) >= 11 is 0. The number of fused-ring (bicyclic) bond motifs is 1. The van der Waals surface area contributed by atoms with E-state index in [0.717, 1.165) is 16.5 Å². The predicted molar refractivity (Wildman–Crippen MR) is 116 cm³/mol. The molecule has 31 heavy (non-hydrogen) atoms. The van der Waals surface area contributed by atoms with E-state index in [0.29, 0.717) is 5.58 Å². The average Bonchev–Trinajstić information content (AvgIpc) is 2.66. The highest BCUT2D eigenvalue weighted by Gasteiger charge is 2.26. The summed E-state index contributed by atoms with van der Waals surface area (Å²) in [5.74, 6) is -0.459. The van der Waals surface area contributed by atoms with Gasteiger partial charge >= 0.3 is 17.7 Å². The molecule has 1 atom stereocenters. The zero-order valence-corrected chi connectivity index (χ0v) is 17.9. The Morgan fingerprint density at radius 1 is 1.06 bits per heavy atom. The van der Waals surface area contributed by atoms with Crippen LogP contribution in [0.15, 0.2) is 63.8 Å². The molecule has 1 unspecified atom stereocenters. The maximum absolute atomic E-state index is 12.9. The van der Waals surface area contributed by atoms with Gasteiger partial charge in [0.15, 0.2) is 0 Å². The summed E-state index contributed by atoms with van der Waals surface area (Å²) in [5, 5.41) is 3.33. The van der Waals surface area contributed by atoms with E-state index in [4.69, 9.17) is 13.9 Å². The minimum absolute atomic E-state index is 0.204. The topological polar surface area (TPSA) is 94.8 Å². The van der Waals surface area contributed by atoms with Crippen molar-refractivity contribution in [2.75, 3.05) is 0 Å². The monoisotopic (exact) mass is 423 g/mol. The van der Waals surface area contributed by atoms with E-state index in [2.05, 4.69) is 5.32 Å². The first-order valence-electron chi connectivity index (χ1n) is 9.90. The number of carbonyl (C=O) groups is 2. The molecule has 7 nitrogen and oxygen atoms in total. The molecule has 0 aliphatic heterocycles. The zero-order valence-electron chi connectivity index (χ0n) is 17.9. The van der Waals surface area contributed by atoms with Crippen LogP contribution in [0.3, 0.4) is 0 Å². The minimum atomic E-state index is -0.975. The van der Waals surface area contributed by atoms with Gasteiger partial charge in [0.05, 0.1) is 0 Å². The van der Waals surface area contributed by atoms with Gasteiger partial charge in [0.25, 0.3) is 0 Å². The van der Waals surface area contributed by atoms with Gasteiger partial charge < -0.3 is 19.2 Å². The second-order valence-corrected chi connectivity index (χ2v) is 8.22. The van der Waals surface area contributed by atoms with Crippen molar-refractivity contribution >= 4 is 23.0 Å². The Hall–Kier alpha value is -3.61. The van der Waals surface area contributed by atoms with Gasteiger partial charge in [-0.25, -0.2) is 14.4 Å². The van der Waals surface area contributed by atoms with Crippen molar-refractivity contribution in [1.82, 2.24) is 5.32 Å². The molecule has 3 rings (SSSR count). The van der Waals surface area contributed by atoms with Crippen molar-refractivity contribution in [2.24, 2.45) is 0 Å². The summed E-state index contributed by atoms with van der Waals surface area (Å²) in [4.78, 5) is 36.8. The SMILES string of the molecule is Cc1cc(=O)oc2cc(OC(=O)C(Cc3ccccc3)NC(=O)OC(C)(C)C)ccc12. The van der Waals surface area contributed by atoms with Crippen LogP contribution in [0.4, 0.5) is 4.79 Å². The van der Waals surface area contributed by atoms with Crippen LogP contribution in [-0.4, -0.2) is 23.7 Å². The number of benzene rings is 2. The van der Waals surface area contributed by atoms with E-state index in [-0.39, 0.29) is 12.2 Å². The summed E-state index contributed by atoms with van der Waals surface area (Å²) in [7, 11) is 0. The molecule has 0 aliphatic carbocycles. The minimum Gasteiger partial charge on any atom is -0.444 e. The number of nitrogens with one attached hydrogen (secondary N) is 1. The van der Waals surface area contributed by atoms with Gasteiger partial charge in [0.1, 0.15) is 23.0 Å². The van der Waals surface area contributed by atoms with Crippen LogP contribution in [0.25, 0.3) is 11.0 Å². The van der Waals surface area contributed by atoms with Crippen molar-refractivity contribution in [2.45, 2.75) is 45.8 Å². The van der Waals surface area contributed by atoms with Crippen LogP contribution in [0.2, 0.25) is 0 Å². The highest BCUT2D eigenvalue weighted by molar-refractivity contribution is 5.85. The van der Waals surface area contributed by atoms with Gasteiger partial charge in [-0.1, -0.05) is 30.3 Å². The van der Waals surface area contributed by atoms with Crippen LogP contribution in [0.1, 0.15) is 31.9 Å². The fourth-order valence-corrected chi connectivity index (χ4v) is 3.05. The molecule has 0 radical (unpaired) electrons. The summed E-state index contributed by atoms with van der Waals surface area (Å²) in [6.07, 6.45) is -0.494. The van der Waals surface area contributed by atoms with Gasteiger partial charge in [0.2, 0.25) is 0 Å². The molecule has 0 aliphatic rings. The van der Waals surface area contributed by atoms with Crippen LogP contribution >= 0.6 is 0 Å². The zero-order chi connectivity index (χ0) is 22.6. The lowest BCUT2D eigenvalue weighted by molar-refractivity contribution is -0.136. The molecule has 1 amide bonds. The van der Waals surface area contributed by atoms with Gasteiger partial charge in [-0.15, -0.1) is 0 Å². The molecule has 3 aromatic rings. The van der Waals surface area contributed by atoms with Gasteiger partial charge in [-0.2, -0.15) is 0 Å². The number of hydrogen-bond acceptors (Lipinski definition) is 6. The average molecular weight is 423 g/mol. The quantitative estimate of drug-likeness (QED) is 0.376. The number of esters is 1. The molecule has 162 valence electrons. The lowest BCUT2D eigenvalue weighted by atomic mass is 10.1. The third-order valence-electron chi connectivity index (χ3n) is 4.40. The van der Waals surface area contributed by atoms with Crippen molar-refractivity contribution in [1.29, 1.82) is 0 Å². The van der Waals surface area contributed by atoms with E-state index in [1.54, 1.807) is 39.8 Å². The number of alkyl carbamates (subject to hydrolysis) is 1. The van der Waals surface area contributed by atoms with Crippen molar-refractivity contribution in [3.8, 4) is 5.75 Å². The van der Waals surface area contributed by atoms with E-state index >= 15 is 0 Å². The Morgan fingerprint density at radius 2 is 1.77 bits per heavy atom. The fraction of sp³-hybridized carbons (Fsp3) is 0.292. The Labute approximate surface area is 180 Å². The molecular weight excluding hydrogens is 398 g/mol. The normalized spacial score (nSPS) is 12.3. The maximum atomic E-state index is 12.9. The fourth-order valence-electron chi connectivity index (χ4n) is 3.05. The largest absolute Gasteiger partial charge is 0.444 e. The molecule has 0 bridgehead atoms. The predicted octanol–water partition coefficient (Wildman–Crippen LogP) is 4.14.